The van der Waals surface area contributed by atoms with Gasteiger partial charge in [-0.05, 0) is 61.7 Å². The van der Waals surface area contributed by atoms with Crippen molar-refractivity contribution in [3.63, 3.8) is 0 Å². The molecule has 0 aliphatic rings. The summed E-state index contributed by atoms with van der Waals surface area (Å²) in [5, 5.41) is 12.8. The first-order valence-electron chi connectivity index (χ1n) is 11.9. The molecule has 0 atom stereocenters. The summed E-state index contributed by atoms with van der Waals surface area (Å²) < 4.78 is 14.0. The maximum atomic E-state index is 12.8. The number of nitrogens with zero attached hydrogens (tertiary/aromatic N) is 6. The summed E-state index contributed by atoms with van der Waals surface area (Å²) in [6.07, 6.45) is 6.33. The Hall–Kier alpha value is -4.99. The second-order valence-corrected chi connectivity index (χ2v) is 8.73. The number of aromatic nitrogens is 6. The van der Waals surface area contributed by atoms with Crippen LogP contribution in [0.4, 0.5) is 5.82 Å². The third-order valence-electron chi connectivity index (χ3n) is 6.27. The Balaban J connectivity index is 1.46. The van der Waals surface area contributed by atoms with E-state index >= 15 is 0 Å². The molecular weight excluding hydrogens is 482 g/mol. The number of ether oxygens (including phenoxy) is 2. The number of carbonyl (C=O) groups excluding carboxylic acids is 1. The van der Waals surface area contributed by atoms with E-state index in [2.05, 4.69) is 45.4 Å². The van der Waals surface area contributed by atoms with Gasteiger partial charge in [0, 0.05) is 12.1 Å². The van der Waals surface area contributed by atoms with E-state index < -0.39 is 0 Å². The summed E-state index contributed by atoms with van der Waals surface area (Å²) in [6, 6.07) is 13.3. The van der Waals surface area contributed by atoms with E-state index in [1.807, 2.05) is 25.1 Å². The first-order chi connectivity index (χ1) is 18.4. The van der Waals surface area contributed by atoms with Crippen LogP contribution in [0.25, 0.3) is 28.6 Å². The van der Waals surface area contributed by atoms with Crippen molar-refractivity contribution in [2.75, 3.05) is 19.5 Å². The fourth-order valence-electron chi connectivity index (χ4n) is 4.19. The van der Waals surface area contributed by atoms with E-state index in [9.17, 15) is 4.79 Å². The molecule has 10 nitrogen and oxygen atoms in total. The van der Waals surface area contributed by atoms with E-state index in [1.54, 1.807) is 54.1 Å². The van der Waals surface area contributed by atoms with Crippen molar-refractivity contribution in [1.82, 2.24) is 29.5 Å². The van der Waals surface area contributed by atoms with Gasteiger partial charge in [0.15, 0.2) is 23.0 Å². The van der Waals surface area contributed by atoms with Gasteiger partial charge in [-0.3, -0.25) is 4.79 Å². The zero-order chi connectivity index (χ0) is 26.8. The van der Waals surface area contributed by atoms with Gasteiger partial charge in [-0.1, -0.05) is 18.2 Å². The Kier molecular flexibility index (Phi) is 6.61. The Morgan fingerprint density at radius 2 is 1.79 bits per heavy atom. The van der Waals surface area contributed by atoms with E-state index in [-0.39, 0.29) is 5.91 Å². The average molecular weight is 510 g/mol. The van der Waals surface area contributed by atoms with Crippen molar-refractivity contribution in [2.45, 2.75) is 20.8 Å². The molecular formula is C28H27N7O3. The van der Waals surface area contributed by atoms with Gasteiger partial charge in [0.2, 0.25) is 5.91 Å². The molecule has 0 bridgehead atoms. The maximum absolute atomic E-state index is 12.8. The molecule has 0 unspecified atom stereocenters. The van der Waals surface area contributed by atoms with Gasteiger partial charge >= 0.3 is 0 Å². The second kappa shape index (κ2) is 10.2. The van der Waals surface area contributed by atoms with Gasteiger partial charge in [0.25, 0.3) is 0 Å². The van der Waals surface area contributed by atoms with Gasteiger partial charge in [-0.25, -0.2) is 14.6 Å². The number of hydrogen-bond acceptors (Lipinski definition) is 7. The van der Waals surface area contributed by atoms with Crippen LogP contribution in [0.2, 0.25) is 0 Å². The highest BCUT2D eigenvalue weighted by atomic mass is 16.5. The minimum Gasteiger partial charge on any atom is -0.493 e. The number of methoxy groups -OCH3 is 2. The molecule has 0 aliphatic carbocycles. The zero-order valence-electron chi connectivity index (χ0n) is 21.8. The highest BCUT2D eigenvalue weighted by Crippen LogP contribution is 2.28. The van der Waals surface area contributed by atoms with Crippen molar-refractivity contribution in [3.8, 4) is 23.0 Å². The lowest BCUT2D eigenvalue weighted by Gasteiger charge is -2.10. The molecule has 2 aromatic carbocycles. The molecule has 3 aromatic heterocycles. The van der Waals surface area contributed by atoms with Gasteiger partial charge < -0.3 is 14.8 Å². The summed E-state index contributed by atoms with van der Waals surface area (Å²) in [6.45, 7) is 5.97. The monoisotopic (exact) mass is 509 g/mol. The van der Waals surface area contributed by atoms with Crippen LogP contribution >= 0.6 is 0 Å². The molecule has 1 N–H and O–H groups in total. The van der Waals surface area contributed by atoms with E-state index in [0.717, 1.165) is 28.1 Å². The molecule has 192 valence electrons. The molecule has 10 heteroatoms. The first kappa shape index (κ1) is 24.7. The number of fused-ring (bicyclic) bond motifs is 1. The predicted octanol–water partition coefficient (Wildman–Crippen LogP) is 4.60. The van der Waals surface area contributed by atoms with Crippen LogP contribution < -0.4 is 14.8 Å². The largest absolute Gasteiger partial charge is 0.493 e. The van der Waals surface area contributed by atoms with Crippen molar-refractivity contribution < 1.29 is 14.3 Å². The number of carbonyl (C=O) groups is 1. The number of amides is 1. The van der Waals surface area contributed by atoms with Gasteiger partial charge in [0.1, 0.15) is 12.1 Å². The van der Waals surface area contributed by atoms with Crippen LogP contribution in [0, 0.1) is 20.8 Å². The maximum Gasteiger partial charge on any atom is 0.249 e. The molecule has 1 amide bonds. The summed E-state index contributed by atoms with van der Waals surface area (Å²) in [5.74, 6) is 1.86. The third kappa shape index (κ3) is 4.59. The number of rotatable bonds is 7. The zero-order valence-corrected chi connectivity index (χ0v) is 21.8. The Bertz CT molecular complexity index is 1680. The highest BCUT2D eigenvalue weighted by Gasteiger charge is 2.18. The van der Waals surface area contributed by atoms with Gasteiger partial charge in [-0.15, -0.1) is 0 Å². The molecule has 0 spiro atoms. The topological polar surface area (TPSA) is 109 Å². The highest BCUT2D eigenvalue weighted by molar-refractivity contribution is 6.01. The van der Waals surface area contributed by atoms with E-state index in [1.165, 1.54) is 12.4 Å². The Labute approximate surface area is 219 Å². The molecule has 0 saturated carbocycles. The minimum absolute atomic E-state index is 0.322. The second-order valence-electron chi connectivity index (χ2n) is 8.73. The summed E-state index contributed by atoms with van der Waals surface area (Å²) >= 11 is 0. The molecule has 38 heavy (non-hydrogen) atoms. The van der Waals surface area contributed by atoms with E-state index in [0.29, 0.717) is 34.2 Å². The molecule has 3 heterocycles. The molecule has 0 aliphatic heterocycles. The summed E-state index contributed by atoms with van der Waals surface area (Å²) in [7, 11) is 3.14. The standard InChI is InChI=1S/C28H27N7O3/c1-17-7-6-8-22(19(17)3)34-27-21(15-31-34)28(30-16-29-27)35-25(13-18(2)33-35)32-26(36)12-10-20-9-11-23(37-4)24(14-20)38-5/h6-16H,1-5H3,(H,32,36)/b12-10+. The predicted molar refractivity (Wildman–Crippen MR) is 145 cm³/mol. The lowest BCUT2D eigenvalue weighted by Crippen LogP contribution is -2.13. The number of hydrogen-bond donors (Lipinski definition) is 1. The normalized spacial score (nSPS) is 11.3. The van der Waals surface area contributed by atoms with E-state index in [4.69, 9.17) is 9.47 Å². The number of benzene rings is 2. The summed E-state index contributed by atoms with van der Waals surface area (Å²) in [5.41, 5.74) is 5.37. The number of anilines is 1. The quantitative estimate of drug-likeness (QED) is 0.320. The van der Waals surface area contributed by atoms with Crippen molar-refractivity contribution in [2.24, 2.45) is 0 Å². The van der Waals surface area contributed by atoms with Crippen LogP contribution in [-0.4, -0.2) is 49.7 Å². The molecule has 0 fully saturated rings. The van der Waals surface area contributed by atoms with Crippen molar-refractivity contribution >= 4 is 28.8 Å². The lowest BCUT2D eigenvalue weighted by molar-refractivity contribution is -0.111. The van der Waals surface area contributed by atoms with Crippen LogP contribution in [-0.2, 0) is 4.79 Å². The van der Waals surface area contributed by atoms with Gasteiger partial charge in [-0.2, -0.15) is 14.9 Å². The molecule has 0 radical (unpaired) electrons. The molecule has 5 aromatic rings. The fourth-order valence-corrected chi connectivity index (χ4v) is 4.19. The Morgan fingerprint density at radius 3 is 2.58 bits per heavy atom. The number of nitrogens with one attached hydrogen (secondary N) is 1. The fraction of sp³-hybridized carbons (Fsp3) is 0.179. The summed E-state index contributed by atoms with van der Waals surface area (Å²) in [4.78, 5) is 21.8. The van der Waals surface area contributed by atoms with Crippen LogP contribution in [0.15, 0.2) is 61.1 Å². The van der Waals surface area contributed by atoms with Crippen molar-refractivity contribution in [1.29, 1.82) is 0 Å². The molecule has 0 saturated heterocycles. The minimum atomic E-state index is -0.322. The SMILES string of the molecule is COc1ccc(/C=C/C(=O)Nc2cc(C)nn2-c2ncnc3c2cnn3-c2cccc(C)c2C)cc1OC. The third-order valence-corrected chi connectivity index (χ3v) is 6.27. The van der Waals surface area contributed by atoms with Crippen LogP contribution in [0.3, 0.4) is 0 Å². The lowest BCUT2D eigenvalue weighted by atomic mass is 10.1. The average Bonchev–Trinajstić information content (AvgIpc) is 3.51. The smallest absolute Gasteiger partial charge is 0.249 e. The van der Waals surface area contributed by atoms with Gasteiger partial charge in [0.05, 0.1) is 37.2 Å². The van der Waals surface area contributed by atoms with Crippen LogP contribution in [0.5, 0.6) is 11.5 Å². The number of aryl methyl sites for hydroxylation is 2. The first-order valence-corrected chi connectivity index (χ1v) is 11.9. The molecule has 5 rings (SSSR count). The van der Waals surface area contributed by atoms with Crippen molar-refractivity contribution in [3.05, 3.63) is 83.4 Å². The Morgan fingerprint density at radius 1 is 0.974 bits per heavy atom. The van der Waals surface area contributed by atoms with Crippen LogP contribution in [0.1, 0.15) is 22.4 Å².